The Morgan fingerprint density at radius 3 is 2.55 bits per heavy atom. The number of sulfonamides is 1. The number of aromatic nitrogens is 1. The number of rotatable bonds is 10. The van der Waals surface area contributed by atoms with Crippen molar-refractivity contribution in [1.82, 2.24) is 14.6 Å². The van der Waals surface area contributed by atoms with Crippen molar-refractivity contribution >= 4 is 10.0 Å². The molecule has 5 nitrogen and oxygen atoms in total. The minimum Gasteiger partial charge on any atom is -0.363 e. The number of nitrogens with one attached hydrogen (secondary N) is 2. The molecule has 2 N–H and O–H groups in total. The Labute approximate surface area is 121 Å². The molecular weight excluding hydrogens is 274 g/mol. The van der Waals surface area contributed by atoms with Gasteiger partial charge in [0.15, 0.2) is 0 Å². The molecule has 0 aliphatic heterocycles. The standard InChI is InChI=1S/C14H23N3O2S/c1-4-7-15-11-13-10-14(12-16-13)20(18,19)17(8-5-2)9-6-3/h5-6,10,12,15-16H,2-4,7-9,11H2,1H3. The molecule has 20 heavy (non-hydrogen) atoms. The van der Waals surface area contributed by atoms with E-state index in [0.29, 0.717) is 6.54 Å². The Bertz CT molecular complexity index is 524. The van der Waals surface area contributed by atoms with E-state index in [1.165, 1.54) is 10.5 Å². The zero-order valence-electron chi connectivity index (χ0n) is 11.9. The molecule has 0 unspecified atom stereocenters. The summed E-state index contributed by atoms with van der Waals surface area (Å²) in [5.41, 5.74) is 0.856. The van der Waals surface area contributed by atoms with Crippen LogP contribution in [0.25, 0.3) is 0 Å². The molecule has 0 aromatic carbocycles. The molecule has 0 aliphatic rings. The van der Waals surface area contributed by atoms with Crippen LogP contribution in [0.3, 0.4) is 0 Å². The van der Waals surface area contributed by atoms with Crippen LogP contribution in [0, 0.1) is 0 Å². The SMILES string of the molecule is C=CCN(CC=C)S(=O)(=O)c1c[nH]c(CNCCC)c1. The first-order valence-electron chi connectivity index (χ1n) is 6.66. The van der Waals surface area contributed by atoms with E-state index in [4.69, 9.17) is 0 Å². The normalized spacial score (nSPS) is 11.7. The summed E-state index contributed by atoms with van der Waals surface area (Å²) in [4.78, 5) is 3.26. The van der Waals surface area contributed by atoms with Crippen LogP contribution in [-0.2, 0) is 16.6 Å². The molecule has 0 atom stereocenters. The zero-order chi connectivity index (χ0) is 15.0. The maximum atomic E-state index is 12.4. The van der Waals surface area contributed by atoms with Gasteiger partial charge in [0.2, 0.25) is 10.0 Å². The van der Waals surface area contributed by atoms with Gasteiger partial charge in [-0.05, 0) is 19.0 Å². The second-order valence-corrected chi connectivity index (χ2v) is 6.37. The molecule has 1 heterocycles. The van der Waals surface area contributed by atoms with Gasteiger partial charge in [0, 0.05) is 31.5 Å². The predicted octanol–water partition coefficient (Wildman–Crippen LogP) is 1.88. The number of hydrogen-bond acceptors (Lipinski definition) is 3. The van der Waals surface area contributed by atoms with Gasteiger partial charge >= 0.3 is 0 Å². The fourth-order valence-electron chi connectivity index (χ4n) is 1.78. The van der Waals surface area contributed by atoms with Gasteiger partial charge < -0.3 is 10.3 Å². The highest BCUT2D eigenvalue weighted by Crippen LogP contribution is 2.16. The summed E-state index contributed by atoms with van der Waals surface area (Å²) < 4.78 is 26.2. The first-order valence-corrected chi connectivity index (χ1v) is 8.10. The molecule has 0 saturated heterocycles. The van der Waals surface area contributed by atoms with Crippen LogP contribution in [0.5, 0.6) is 0 Å². The molecule has 1 aromatic rings. The summed E-state index contributed by atoms with van der Waals surface area (Å²) in [6.45, 7) is 11.3. The van der Waals surface area contributed by atoms with Gasteiger partial charge in [-0.3, -0.25) is 0 Å². The monoisotopic (exact) mass is 297 g/mol. The molecule has 0 radical (unpaired) electrons. The van der Waals surface area contributed by atoms with Crippen molar-refractivity contribution < 1.29 is 8.42 Å². The number of H-pyrrole nitrogens is 1. The lowest BCUT2D eigenvalue weighted by molar-refractivity contribution is 0.474. The molecule has 6 heteroatoms. The van der Waals surface area contributed by atoms with Crippen LogP contribution < -0.4 is 5.32 Å². The van der Waals surface area contributed by atoms with Gasteiger partial charge in [-0.2, -0.15) is 4.31 Å². The van der Waals surface area contributed by atoms with Crippen LogP contribution >= 0.6 is 0 Å². The van der Waals surface area contributed by atoms with Gasteiger partial charge in [0.1, 0.15) is 0 Å². The molecule has 0 aliphatic carbocycles. The lowest BCUT2D eigenvalue weighted by atomic mass is 10.4. The third kappa shape index (κ3) is 4.33. The zero-order valence-corrected chi connectivity index (χ0v) is 12.7. The molecule has 0 spiro atoms. The van der Waals surface area contributed by atoms with Crippen LogP contribution in [0.4, 0.5) is 0 Å². The third-order valence-corrected chi connectivity index (χ3v) is 4.57. The highest BCUT2D eigenvalue weighted by Gasteiger charge is 2.23. The summed E-state index contributed by atoms with van der Waals surface area (Å²) in [5, 5.41) is 3.22. The van der Waals surface area contributed by atoms with E-state index in [9.17, 15) is 8.42 Å². The second kappa shape index (κ2) is 8.04. The fourth-order valence-corrected chi connectivity index (χ4v) is 3.18. The summed E-state index contributed by atoms with van der Waals surface area (Å²) in [7, 11) is -3.50. The Hall–Kier alpha value is -1.37. The Balaban J connectivity index is 2.85. The summed E-state index contributed by atoms with van der Waals surface area (Å²) >= 11 is 0. The molecule has 1 rings (SSSR count). The van der Waals surface area contributed by atoms with Gasteiger partial charge in [-0.25, -0.2) is 8.42 Å². The molecular formula is C14H23N3O2S. The van der Waals surface area contributed by atoms with E-state index in [2.05, 4.69) is 30.4 Å². The van der Waals surface area contributed by atoms with Crippen molar-refractivity contribution in [1.29, 1.82) is 0 Å². The highest BCUT2D eigenvalue weighted by molar-refractivity contribution is 7.89. The number of aromatic amines is 1. The lowest BCUT2D eigenvalue weighted by Gasteiger charge is -2.17. The smallest absolute Gasteiger partial charge is 0.245 e. The number of nitrogens with zero attached hydrogens (tertiary/aromatic N) is 1. The first-order chi connectivity index (χ1) is 9.56. The quantitative estimate of drug-likeness (QED) is 0.512. The van der Waals surface area contributed by atoms with Gasteiger partial charge in [0.25, 0.3) is 0 Å². The minimum atomic E-state index is -3.50. The molecule has 0 bridgehead atoms. The van der Waals surface area contributed by atoms with Gasteiger partial charge in [0.05, 0.1) is 4.90 Å². The minimum absolute atomic E-state index is 0.267. The summed E-state index contributed by atoms with van der Waals surface area (Å²) in [5.74, 6) is 0. The Morgan fingerprint density at radius 1 is 1.35 bits per heavy atom. The van der Waals surface area contributed by atoms with Crippen molar-refractivity contribution in [2.45, 2.75) is 24.8 Å². The van der Waals surface area contributed by atoms with Crippen LogP contribution in [0.15, 0.2) is 42.5 Å². The lowest BCUT2D eigenvalue weighted by Crippen LogP contribution is -2.31. The van der Waals surface area contributed by atoms with E-state index in [1.54, 1.807) is 18.2 Å². The van der Waals surface area contributed by atoms with Crippen molar-refractivity contribution in [3.8, 4) is 0 Å². The first kappa shape index (κ1) is 16.7. The highest BCUT2D eigenvalue weighted by atomic mass is 32.2. The van der Waals surface area contributed by atoms with Crippen molar-refractivity contribution in [3.63, 3.8) is 0 Å². The van der Waals surface area contributed by atoms with Crippen molar-refractivity contribution in [3.05, 3.63) is 43.3 Å². The van der Waals surface area contributed by atoms with Gasteiger partial charge in [-0.1, -0.05) is 19.1 Å². The van der Waals surface area contributed by atoms with Crippen molar-refractivity contribution in [2.24, 2.45) is 0 Å². The molecule has 0 saturated carbocycles. The topological polar surface area (TPSA) is 65.2 Å². The van der Waals surface area contributed by atoms with Crippen LogP contribution in [-0.4, -0.2) is 37.3 Å². The Kier molecular flexibility index (Phi) is 6.70. The van der Waals surface area contributed by atoms with E-state index >= 15 is 0 Å². The third-order valence-electron chi connectivity index (χ3n) is 2.76. The van der Waals surface area contributed by atoms with E-state index in [1.807, 2.05) is 0 Å². The van der Waals surface area contributed by atoms with E-state index < -0.39 is 10.0 Å². The second-order valence-electron chi connectivity index (χ2n) is 4.44. The van der Waals surface area contributed by atoms with Gasteiger partial charge in [-0.15, -0.1) is 13.2 Å². The molecule has 1 aromatic heterocycles. The van der Waals surface area contributed by atoms with E-state index in [-0.39, 0.29) is 18.0 Å². The maximum absolute atomic E-state index is 12.4. The maximum Gasteiger partial charge on any atom is 0.245 e. The largest absolute Gasteiger partial charge is 0.363 e. The van der Waals surface area contributed by atoms with Crippen LogP contribution in [0.1, 0.15) is 19.0 Å². The molecule has 112 valence electrons. The van der Waals surface area contributed by atoms with E-state index in [0.717, 1.165) is 18.7 Å². The average molecular weight is 297 g/mol. The fraction of sp³-hybridized carbons (Fsp3) is 0.429. The summed E-state index contributed by atoms with van der Waals surface area (Å²) in [6.07, 6.45) is 5.70. The van der Waals surface area contributed by atoms with Crippen molar-refractivity contribution in [2.75, 3.05) is 19.6 Å². The predicted molar refractivity (Wildman–Crippen MR) is 81.9 cm³/mol. The summed E-state index contributed by atoms with van der Waals surface area (Å²) in [6, 6.07) is 1.66. The average Bonchev–Trinajstić information content (AvgIpc) is 2.88. The van der Waals surface area contributed by atoms with Crippen LogP contribution in [0.2, 0.25) is 0 Å². The molecule has 0 fully saturated rings. The Morgan fingerprint density at radius 2 is 2.00 bits per heavy atom. The molecule has 0 amide bonds. The number of hydrogen-bond donors (Lipinski definition) is 2.